The Balaban J connectivity index is 2.21. The predicted molar refractivity (Wildman–Crippen MR) is 55.5 cm³/mol. The van der Waals surface area contributed by atoms with Crippen LogP contribution in [0.2, 0.25) is 0 Å². The number of carboxylic acids is 1. The van der Waals surface area contributed by atoms with Crippen LogP contribution in [0, 0.1) is 0 Å². The normalized spacial score (nSPS) is 10.1. The van der Waals surface area contributed by atoms with E-state index in [-0.39, 0.29) is 11.6 Å². The highest BCUT2D eigenvalue weighted by Gasteiger charge is 2.06. The second-order valence-electron chi connectivity index (χ2n) is 3.07. The zero-order chi connectivity index (χ0) is 11.5. The molecule has 0 aromatic carbocycles. The quantitative estimate of drug-likeness (QED) is 0.787. The maximum absolute atomic E-state index is 10.7. The highest BCUT2D eigenvalue weighted by atomic mass is 16.4. The number of aromatic carboxylic acids is 1. The van der Waals surface area contributed by atoms with E-state index in [0.29, 0.717) is 5.82 Å². The van der Waals surface area contributed by atoms with Gasteiger partial charge in [-0.15, -0.1) is 0 Å². The van der Waals surface area contributed by atoms with E-state index in [1.807, 2.05) is 0 Å². The molecule has 2 N–H and O–H groups in total. The Morgan fingerprint density at radius 2 is 2.31 bits per heavy atom. The van der Waals surface area contributed by atoms with Crippen LogP contribution < -0.4 is 5.32 Å². The first-order valence-corrected chi connectivity index (χ1v) is 4.48. The van der Waals surface area contributed by atoms with Crippen molar-refractivity contribution in [2.45, 2.75) is 0 Å². The number of aromatic nitrogens is 4. The summed E-state index contributed by atoms with van der Waals surface area (Å²) < 4.78 is 1.61. The average Bonchev–Trinajstić information content (AvgIpc) is 2.64. The number of aryl methyl sites for hydroxylation is 1. The minimum atomic E-state index is -1.09. The fourth-order valence-electron chi connectivity index (χ4n) is 1.13. The topological polar surface area (TPSA) is 92.9 Å². The lowest BCUT2D eigenvalue weighted by Gasteiger charge is -2.00. The molecule has 0 bridgehead atoms. The van der Waals surface area contributed by atoms with Crippen molar-refractivity contribution in [3.63, 3.8) is 0 Å². The van der Waals surface area contributed by atoms with Crippen LogP contribution in [0.1, 0.15) is 10.5 Å². The lowest BCUT2D eigenvalue weighted by Crippen LogP contribution is -2.05. The van der Waals surface area contributed by atoms with Gasteiger partial charge in [0.05, 0.1) is 0 Å². The molecule has 2 heterocycles. The molecule has 0 spiro atoms. The van der Waals surface area contributed by atoms with Crippen LogP contribution in [0.4, 0.5) is 11.8 Å². The van der Waals surface area contributed by atoms with E-state index >= 15 is 0 Å². The van der Waals surface area contributed by atoms with Crippen molar-refractivity contribution >= 4 is 17.7 Å². The minimum absolute atomic E-state index is 0.0616. The smallest absolute Gasteiger partial charge is 0.354 e. The van der Waals surface area contributed by atoms with Crippen LogP contribution in [-0.4, -0.2) is 30.8 Å². The summed E-state index contributed by atoms with van der Waals surface area (Å²) >= 11 is 0. The van der Waals surface area contributed by atoms with Gasteiger partial charge in [-0.05, 0) is 6.07 Å². The van der Waals surface area contributed by atoms with Crippen LogP contribution in [0.15, 0.2) is 24.5 Å². The highest BCUT2D eigenvalue weighted by molar-refractivity contribution is 5.85. The van der Waals surface area contributed by atoms with E-state index in [1.165, 1.54) is 12.3 Å². The molecule has 0 radical (unpaired) electrons. The third-order valence-electron chi connectivity index (χ3n) is 1.83. The summed E-state index contributed by atoms with van der Waals surface area (Å²) in [4.78, 5) is 18.4. The van der Waals surface area contributed by atoms with Gasteiger partial charge in [0, 0.05) is 25.5 Å². The lowest BCUT2D eigenvalue weighted by atomic mass is 10.4. The number of hydrogen-bond acceptors (Lipinski definition) is 5. The Hall–Kier alpha value is -2.44. The molecule has 0 aliphatic heterocycles. The molecule has 7 heteroatoms. The second kappa shape index (κ2) is 3.97. The molecular formula is C9H9N5O2. The number of anilines is 2. The highest BCUT2D eigenvalue weighted by Crippen LogP contribution is 2.09. The summed E-state index contributed by atoms with van der Waals surface area (Å²) in [6.07, 6.45) is 3.13. The van der Waals surface area contributed by atoms with E-state index in [0.717, 1.165) is 0 Å². The third-order valence-corrected chi connectivity index (χ3v) is 1.83. The monoisotopic (exact) mass is 219 g/mol. The van der Waals surface area contributed by atoms with Gasteiger partial charge in [0.2, 0.25) is 5.95 Å². The standard InChI is InChI=1S/C9H9N5O2/c1-14-5-3-7(13-14)12-9-10-4-2-6(11-9)8(15)16/h2-5H,1H3,(H,15,16)(H,10,11,12,13). The van der Waals surface area contributed by atoms with Crippen molar-refractivity contribution in [3.8, 4) is 0 Å². The van der Waals surface area contributed by atoms with Gasteiger partial charge in [-0.3, -0.25) is 4.68 Å². The SMILES string of the molecule is Cn1ccc(Nc2nccc(C(=O)O)n2)n1. The van der Waals surface area contributed by atoms with Crippen LogP contribution in [0.3, 0.4) is 0 Å². The number of carbonyl (C=O) groups is 1. The number of rotatable bonds is 3. The molecule has 0 unspecified atom stereocenters. The summed E-state index contributed by atoms with van der Waals surface area (Å²) in [5.74, 6) is -0.324. The maximum Gasteiger partial charge on any atom is 0.354 e. The Morgan fingerprint density at radius 1 is 1.50 bits per heavy atom. The van der Waals surface area contributed by atoms with Gasteiger partial charge in [0.1, 0.15) is 0 Å². The minimum Gasteiger partial charge on any atom is -0.477 e. The van der Waals surface area contributed by atoms with E-state index in [2.05, 4.69) is 20.4 Å². The molecule has 2 aromatic heterocycles. The van der Waals surface area contributed by atoms with Crippen LogP contribution in [0.5, 0.6) is 0 Å². The first kappa shape index (κ1) is 10.1. The Bertz CT molecular complexity index is 522. The summed E-state index contributed by atoms with van der Waals surface area (Å²) in [5, 5.41) is 15.6. The zero-order valence-electron chi connectivity index (χ0n) is 8.45. The molecular weight excluding hydrogens is 210 g/mol. The molecule has 7 nitrogen and oxygen atoms in total. The van der Waals surface area contributed by atoms with Gasteiger partial charge >= 0.3 is 5.97 Å². The summed E-state index contributed by atoms with van der Waals surface area (Å²) in [6.45, 7) is 0. The van der Waals surface area contributed by atoms with E-state index in [4.69, 9.17) is 5.11 Å². The maximum atomic E-state index is 10.7. The third kappa shape index (κ3) is 2.14. The van der Waals surface area contributed by atoms with Gasteiger partial charge in [0.15, 0.2) is 11.5 Å². The van der Waals surface area contributed by atoms with Crippen molar-refractivity contribution in [2.24, 2.45) is 7.05 Å². The predicted octanol–water partition coefficient (Wildman–Crippen LogP) is 0.652. The molecule has 0 amide bonds. The fourth-order valence-corrected chi connectivity index (χ4v) is 1.13. The van der Waals surface area contributed by atoms with Crippen LogP contribution in [-0.2, 0) is 7.05 Å². The number of nitrogens with zero attached hydrogens (tertiary/aromatic N) is 4. The van der Waals surface area contributed by atoms with Crippen molar-refractivity contribution in [1.29, 1.82) is 0 Å². The van der Waals surface area contributed by atoms with Gasteiger partial charge in [0.25, 0.3) is 0 Å². The van der Waals surface area contributed by atoms with E-state index in [9.17, 15) is 4.79 Å². The molecule has 16 heavy (non-hydrogen) atoms. The van der Waals surface area contributed by atoms with Gasteiger partial charge in [-0.25, -0.2) is 14.8 Å². The largest absolute Gasteiger partial charge is 0.477 e. The van der Waals surface area contributed by atoms with E-state index < -0.39 is 5.97 Å². The molecule has 0 aliphatic rings. The number of hydrogen-bond donors (Lipinski definition) is 2. The first-order chi connectivity index (χ1) is 7.65. The zero-order valence-corrected chi connectivity index (χ0v) is 8.45. The Labute approximate surface area is 90.8 Å². The number of carboxylic acid groups (broad SMARTS) is 1. The number of nitrogens with one attached hydrogen (secondary N) is 1. The van der Waals surface area contributed by atoms with Crippen molar-refractivity contribution in [1.82, 2.24) is 19.7 Å². The molecule has 2 aromatic rings. The molecule has 0 fully saturated rings. The van der Waals surface area contributed by atoms with E-state index in [1.54, 1.807) is 24.0 Å². The molecule has 0 saturated heterocycles. The van der Waals surface area contributed by atoms with Crippen LogP contribution in [0.25, 0.3) is 0 Å². The van der Waals surface area contributed by atoms with Crippen molar-refractivity contribution in [2.75, 3.05) is 5.32 Å². The molecule has 2 rings (SSSR count). The summed E-state index contributed by atoms with van der Waals surface area (Å²) in [7, 11) is 1.78. The lowest BCUT2D eigenvalue weighted by molar-refractivity contribution is 0.0690. The second-order valence-corrected chi connectivity index (χ2v) is 3.07. The average molecular weight is 219 g/mol. The first-order valence-electron chi connectivity index (χ1n) is 4.48. The molecule has 0 saturated carbocycles. The summed E-state index contributed by atoms with van der Waals surface area (Å²) in [6, 6.07) is 3.06. The fraction of sp³-hybridized carbons (Fsp3) is 0.111. The van der Waals surface area contributed by atoms with Gasteiger partial charge in [-0.2, -0.15) is 5.10 Å². The van der Waals surface area contributed by atoms with Gasteiger partial charge < -0.3 is 10.4 Å². The Kier molecular flexibility index (Phi) is 2.50. The molecule has 82 valence electrons. The summed E-state index contributed by atoms with van der Waals surface area (Å²) in [5.41, 5.74) is -0.0616. The van der Waals surface area contributed by atoms with Crippen LogP contribution >= 0.6 is 0 Å². The molecule has 0 atom stereocenters. The van der Waals surface area contributed by atoms with Crippen molar-refractivity contribution < 1.29 is 9.90 Å². The molecule has 0 aliphatic carbocycles. The van der Waals surface area contributed by atoms with Gasteiger partial charge in [-0.1, -0.05) is 0 Å². The Morgan fingerprint density at radius 3 is 2.94 bits per heavy atom. The van der Waals surface area contributed by atoms with Crippen molar-refractivity contribution in [3.05, 3.63) is 30.2 Å².